The number of ether oxygens (including phenoxy) is 2. The maximum absolute atomic E-state index is 5.57. The van der Waals surface area contributed by atoms with E-state index in [1.54, 1.807) is 12.4 Å². The van der Waals surface area contributed by atoms with Crippen LogP contribution in [0.1, 0.15) is 12.7 Å². The first-order chi connectivity index (χ1) is 8.78. The molecule has 18 heavy (non-hydrogen) atoms. The molecule has 1 aromatic heterocycles. The van der Waals surface area contributed by atoms with Crippen molar-refractivity contribution in [2.24, 2.45) is 0 Å². The molecule has 0 bridgehead atoms. The molecule has 0 radical (unpaired) electrons. The van der Waals surface area contributed by atoms with E-state index in [2.05, 4.69) is 9.97 Å². The van der Waals surface area contributed by atoms with Crippen molar-refractivity contribution in [1.82, 2.24) is 9.97 Å². The Hall–Kier alpha value is -2.30. The van der Waals surface area contributed by atoms with Crippen LogP contribution in [-0.4, -0.2) is 16.6 Å². The first-order valence-electron chi connectivity index (χ1n) is 5.70. The Kier molecular flexibility index (Phi) is 3.96. The summed E-state index contributed by atoms with van der Waals surface area (Å²) in [6.45, 7) is 2.87. The van der Waals surface area contributed by atoms with Crippen molar-refractivity contribution in [3.05, 3.63) is 42.5 Å². The van der Waals surface area contributed by atoms with Crippen molar-refractivity contribution in [2.45, 2.75) is 13.5 Å². The van der Waals surface area contributed by atoms with Crippen molar-refractivity contribution in [2.75, 3.05) is 12.3 Å². The summed E-state index contributed by atoms with van der Waals surface area (Å²) < 4.78 is 11.0. The second kappa shape index (κ2) is 5.86. The lowest BCUT2D eigenvalue weighted by molar-refractivity contribution is 0.290. The summed E-state index contributed by atoms with van der Waals surface area (Å²) in [6, 6.07) is 7.46. The number of aromatic nitrogens is 2. The molecule has 1 heterocycles. The van der Waals surface area contributed by atoms with Gasteiger partial charge in [0.25, 0.3) is 0 Å². The number of hydrogen-bond donors (Lipinski definition) is 1. The molecule has 0 fully saturated rings. The zero-order valence-electron chi connectivity index (χ0n) is 10.2. The number of nitrogen functional groups attached to an aromatic ring is 1. The minimum Gasteiger partial charge on any atom is -0.494 e. The Labute approximate surface area is 106 Å². The maximum atomic E-state index is 5.57. The van der Waals surface area contributed by atoms with Crippen LogP contribution >= 0.6 is 0 Å². The van der Waals surface area contributed by atoms with Gasteiger partial charge in [-0.3, -0.25) is 0 Å². The highest BCUT2D eigenvalue weighted by molar-refractivity contribution is 5.33. The average molecular weight is 245 g/mol. The third kappa shape index (κ3) is 3.35. The number of anilines is 1. The molecule has 0 amide bonds. The molecular weight excluding hydrogens is 230 g/mol. The van der Waals surface area contributed by atoms with Crippen molar-refractivity contribution in [3.8, 4) is 11.5 Å². The second-order valence-corrected chi connectivity index (χ2v) is 3.63. The fraction of sp³-hybridized carbons (Fsp3) is 0.231. The summed E-state index contributed by atoms with van der Waals surface area (Å²) >= 11 is 0. The molecule has 5 heteroatoms. The van der Waals surface area contributed by atoms with E-state index >= 15 is 0 Å². The highest BCUT2D eigenvalue weighted by Crippen LogP contribution is 2.19. The van der Waals surface area contributed by atoms with Crippen LogP contribution in [0.15, 0.2) is 36.7 Å². The van der Waals surface area contributed by atoms with Crippen molar-refractivity contribution < 1.29 is 9.47 Å². The predicted octanol–water partition coefficient (Wildman–Crippen LogP) is 2.04. The quantitative estimate of drug-likeness (QED) is 0.872. The molecule has 2 N–H and O–H groups in total. The number of hydrogen-bond acceptors (Lipinski definition) is 5. The normalized spacial score (nSPS) is 10.1. The highest BCUT2D eigenvalue weighted by Gasteiger charge is 2.00. The number of nitrogens with two attached hydrogens (primary N) is 1. The average Bonchev–Trinajstić information content (AvgIpc) is 2.39. The third-order valence-electron chi connectivity index (χ3n) is 2.21. The Balaban J connectivity index is 1.97. The minimum atomic E-state index is 0.301. The summed E-state index contributed by atoms with van der Waals surface area (Å²) in [5.41, 5.74) is 6.04. The van der Waals surface area contributed by atoms with Crippen LogP contribution in [-0.2, 0) is 6.61 Å². The summed E-state index contributed by atoms with van der Waals surface area (Å²) in [6.07, 6.45) is 3.12. The smallest absolute Gasteiger partial charge is 0.166 e. The van der Waals surface area contributed by atoms with Crippen LogP contribution in [0.2, 0.25) is 0 Å². The van der Waals surface area contributed by atoms with E-state index in [4.69, 9.17) is 15.2 Å². The summed E-state index contributed by atoms with van der Waals surface area (Å²) in [7, 11) is 0. The Morgan fingerprint density at radius 3 is 2.44 bits per heavy atom. The van der Waals surface area contributed by atoms with Gasteiger partial charge < -0.3 is 15.2 Å². The van der Waals surface area contributed by atoms with Crippen molar-refractivity contribution in [3.63, 3.8) is 0 Å². The number of nitrogens with zero attached hydrogens (tertiary/aromatic N) is 2. The summed E-state index contributed by atoms with van der Waals surface area (Å²) in [5.74, 6) is 2.10. The molecule has 0 unspecified atom stereocenters. The monoisotopic (exact) mass is 245 g/mol. The van der Waals surface area contributed by atoms with E-state index in [0.29, 0.717) is 24.7 Å². The van der Waals surface area contributed by atoms with Gasteiger partial charge in [-0.05, 0) is 19.1 Å². The topological polar surface area (TPSA) is 70.3 Å². The van der Waals surface area contributed by atoms with E-state index in [-0.39, 0.29) is 0 Å². The first kappa shape index (κ1) is 12.2. The Morgan fingerprint density at radius 1 is 1.11 bits per heavy atom. The molecule has 0 saturated carbocycles. The van der Waals surface area contributed by atoms with Gasteiger partial charge in [-0.25, -0.2) is 9.97 Å². The molecule has 2 aromatic rings. The van der Waals surface area contributed by atoms with Gasteiger partial charge in [0.05, 0.1) is 24.7 Å². The van der Waals surface area contributed by atoms with Crippen LogP contribution in [0.3, 0.4) is 0 Å². The molecule has 5 nitrogen and oxygen atoms in total. The largest absolute Gasteiger partial charge is 0.494 e. The Bertz CT molecular complexity index is 500. The van der Waals surface area contributed by atoms with Gasteiger partial charge in [0.15, 0.2) is 5.82 Å². The molecule has 0 atom stereocenters. The highest BCUT2D eigenvalue weighted by atomic mass is 16.5. The SMILES string of the molecule is CCOc1cccc(OCc2ncc(N)cn2)c1. The molecule has 0 spiro atoms. The van der Waals surface area contributed by atoms with Gasteiger partial charge in [0.2, 0.25) is 0 Å². The van der Waals surface area contributed by atoms with E-state index < -0.39 is 0 Å². The molecular formula is C13H15N3O2. The van der Waals surface area contributed by atoms with Gasteiger partial charge in [-0.2, -0.15) is 0 Å². The van der Waals surface area contributed by atoms with Gasteiger partial charge >= 0.3 is 0 Å². The van der Waals surface area contributed by atoms with Crippen LogP contribution in [0.5, 0.6) is 11.5 Å². The molecule has 1 aromatic carbocycles. The van der Waals surface area contributed by atoms with E-state index in [1.165, 1.54) is 0 Å². The molecule has 0 aliphatic carbocycles. The van der Waals surface area contributed by atoms with Crippen LogP contribution in [0.25, 0.3) is 0 Å². The lowest BCUT2D eigenvalue weighted by atomic mass is 10.3. The maximum Gasteiger partial charge on any atom is 0.166 e. The zero-order chi connectivity index (χ0) is 12.8. The molecule has 0 saturated heterocycles. The standard InChI is InChI=1S/C13H15N3O2/c1-2-17-11-4-3-5-12(6-11)18-9-13-15-7-10(14)8-16-13/h3-8H,2,9,14H2,1H3. The lowest BCUT2D eigenvalue weighted by Gasteiger charge is -2.07. The van der Waals surface area contributed by atoms with E-state index in [1.807, 2.05) is 31.2 Å². The van der Waals surface area contributed by atoms with E-state index in [9.17, 15) is 0 Å². The second-order valence-electron chi connectivity index (χ2n) is 3.63. The predicted molar refractivity (Wildman–Crippen MR) is 68.4 cm³/mol. The molecule has 0 aliphatic heterocycles. The molecule has 0 aliphatic rings. The van der Waals surface area contributed by atoms with Gasteiger partial charge in [0.1, 0.15) is 18.1 Å². The minimum absolute atomic E-state index is 0.301. The molecule has 94 valence electrons. The van der Waals surface area contributed by atoms with Crippen LogP contribution < -0.4 is 15.2 Å². The van der Waals surface area contributed by atoms with Gasteiger partial charge in [0, 0.05) is 6.07 Å². The summed E-state index contributed by atoms with van der Waals surface area (Å²) in [5, 5.41) is 0. The fourth-order valence-corrected chi connectivity index (χ4v) is 1.41. The lowest BCUT2D eigenvalue weighted by Crippen LogP contribution is -2.02. The van der Waals surface area contributed by atoms with Crippen molar-refractivity contribution in [1.29, 1.82) is 0 Å². The number of rotatable bonds is 5. The molecule has 2 rings (SSSR count). The Morgan fingerprint density at radius 2 is 1.78 bits per heavy atom. The van der Waals surface area contributed by atoms with E-state index in [0.717, 1.165) is 11.5 Å². The van der Waals surface area contributed by atoms with Crippen LogP contribution in [0, 0.1) is 0 Å². The number of benzene rings is 1. The van der Waals surface area contributed by atoms with Crippen LogP contribution in [0.4, 0.5) is 5.69 Å². The van der Waals surface area contributed by atoms with Crippen molar-refractivity contribution >= 4 is 5.69 Å². The summed E-state index contributed by atoms with van der Waals surface area (Å²) in [4.78, 5) is 8.12. The fourth-order valence-electron chi connectivity index (χ4n) is 1.41. The van der Waals surface area contributed by atoms with Gasteiger partial charge in [-0.1, -0.05) is 6.07 Å². The first-order valence-corrected chi connectivity index (χ1v) is 5.70. The zero-order valence-corrected chi connectivity index (χ0v) is 10.2. The van der Waals surface area contributed by atoms with Gasteiger partial charge in [-0.15, -0.1) is 0 Å². The third-order valence-corrected chi connectivity index (χ3v) is 2.21.